The normalized spacial score (nSPS) is 11.5. The summed E-state index contributed by atoms with van der Waals surface area (Å²) in [7, 11) is 0. The molecule has 0 bridgehead atoms. The Morgan fingerprint density at radius 2 is 1.79 bits per heavy atom. The largest absolute Gasteiger partial charge is 0.336 e. The Labute approximate surface area is 187 Å². The third-order valence-electron chi connectivity index (χ3n) is 5.70. The van der Waals surface area contributed by atoms with Crippen LogP contribution in [0.25, 0.3) is 56.0 Å². The van der Waals surface area contributed by atoms with E-state index >= 15 is 0 Å². The third-order valence-corrected chi connectivity index (χ3v) is 5.70. The Morgan fingerprint density at radius 3 is 2.64 bits per heavy atom. The van der Waals surface area contributed by atoms with Crippen LogP contribution >= 0.6 is 0 Å². The number of aromatic amines is 2. The first-order valence-electron chi connectivity index (χ1n) is 10.4. The van der Waals surface area contributed by atoms with Gasteiger partial charge in [0.05, 0.1) is 28.6 Å². The van der Waals surface area contributed by atoms with E-state index in [-0.39, 0.29) is 5.82 Å². The minimum Gasteiger partial charge on any atom is -0.336 e. The zero-order valence-electron chi connectivity index (χ0n) is 17.9. The molecular weight excluding hydrogens is 417 g/mol. The molecule has 0 atom stereocenters. The lowest BCUT2D eigenvalue weighted by atomic mass is 10.1. The maximum Gasteiger partial charge on any atom is 0.159 e. The molecule has 0 aliphatic heterocycles. The Kier molecular flexibility index (Phi) is 4.26. The first-order chi connectivity index (χ1) is 16.1. The second-order valence-electron chi connectivity index (χ2n) is 8.04. The minimum absolute atomic E-state index is 0.302. The highest BCUT2D eigenvalue weighted by molar-refractivity contribution is 5.97. The van der Waals surface area contributed by atoms with Gasteiger partial charge in [0.1, 0.15) is 17.0 Å². The van der Waals surface area contributed by atoms with E-state index in [0.29, 0.717) is 28.3 Å². The van der Waals surface area contributed by atoms with E-state index in [1.807, 2.05) is 44.3 Å². The molecule has 0 fully saturated rings. The summed E-state index contributed by atoms with van der Waals surface area (Å²) in [6.07, 6.45) is 7.03. The molecule has 0 radical (unpaired) electrons. The Hall–Kier alpha value is -4.46. The molecule has 0 saturated heterocycles. The van der Waals surface area contributed by atoms with Gasteiger partial charge in [-0.2, -0.15) is 5.10 Å². The highest BCUT2D eigenvalue weighted by atomic mass is 19.1. The van der Waals surface area contributed by atoms with Crippen molar-refractivity contribution in [3.8, 4) is 34.0 Å². The van der Waals surface area contributed by atoms with Crippen molar-refractivity contribution >= 4 is 21.9 Å². The molecule has 0 aliphatic carbocycles. The van der Waals surface area contributed by atoms with Gasteiger partial charge in [0, 0.05) is 35.1 Å². The quantitative estimate of drug-likeness (QED) is 0.389. The molecule has 0 aliphatic rings. The van der Waals surface area contributed by atoms with Crippen LogP contribution in [-0.4, -0.2) is 35.1 Å². The van der Waals surface area contributed by atoms with Crippen LogP contribution in [0, 0.1) is 19.7 Å². The monoisotopic (exact) mass is 435 g/mol. The summed E-state index contributed by atoms with van der Waals surface area (Å²) in [5.41, 5.74) is 7.91. The number of aromatic nitrogens is 7. The fourth-order valence-electron chi connectivity index (χ4n) is 4.11. The molecule has 0 unspecified atom stereocenters. The number of hydrogen-bond acceptors (Lipinski definition) is 5. The number of hydrogen-bond donors (Lipinski definition) is 2. The molecule has 33 heavy (non-hydrogen) atoms. The second kappa shape index (κ2) is 7.30. The number of nitrogens with zero attached hydrogens (tertiary/aromatic N) is 5. The van der Waals surface area contributed by atoms with Gasteiger partial charge in [0.2, 0.25) is 0 Å². The SMILES string of the molecule is Cc1cc(F)cc(-c2nccc3[nH]c(-c4n[nH]c5cnc(-c6cnccc6C)cc45)nc23)c1. The zero-order valence-corrected chi connectivity index (χ0v) is 17.9. The number of imidazole rings is 1. The van der Waals surface area contributed by atoms with Crippen molar-refractivity contribution in [1.82, 2.24) is 35.1 Å². The summed E-state index contributed by atoms with van der Waals surface area (Å²) in [5.74, 6) is 0.294. The standard InChI is InChI=1S/C25H18FN7/c1-13-7-15(9-16(26)8-13)22-24-19(4-6-28-22)30-25(31-24)23-17-10-20(29-12-21(17)32-33-23)18-11-27-5-3-14(18)2/h3-12H,1-2H3,(H,30,31)(H,32,33). The van der Waals surface area contributed by atoms with Gasteiger partial charge in [-0.3, -0.25) is 20.1 Å². The Balaban J connectivity index is 1.52. The number of halogens is 1. The molecule has 6 aromatic rings. The fraction of sp³-hybridized carbons (Fsp3) is 0.0800. The molecular formula is C25H18FN7. The van der Waals surface area contributed by atoms with Gasteiger partial charge in [-0.25, -0.2) is 9.37 Å². The molecule has 0 spiro atoms. The van der Waals surface area contributed by atoms with Crippen molar-refractivity contribution in [1.29, 1.82) is 0 Å². The first-order valence-corrected chi connectivity index (χ1v) is 10.4. The number of pyridine rings is 3. The van der Waals surface area contributed by atoms with Crippen LogP contribution < -0.4 is 0 Å². The fourth-order valence-corrected chi connectivity index (χ4v) is 4.11. The molecule has 5 aromatic heterocycles. The number of benzene rings is 1. The third kappa shape index (κ3) is 3.23. The van der Waals surface area contributed by atoms with E-state index < -0.39 is 0 Å². The van der Waals surface area contributed by atoms with E-state index in [1.54, 1.807) is 18.6 Å². The van der Waals surface area contributed by atoms with Crippen molar-refractivity contribution in [2.24, 2.45) is 0 Å². The van der Waals surface area contributed by atoms with Gasteiger partial charge in [-0.15, -0.1) is 0 Å². The summed E-state index contributed by atoms with van der Waals surface area (Å²) in [6, 6.07) is 10.7. The molecule has 2 N–H and O–H groups in total. The highest BCUT2D eigenvalue weighted by Gasteiger charge is 2.17. The predicted molar refractivity (Wildman–Crippen MR) is 125 cm³/mol. The number of H-pyrrole nitrogens is 2. The number of nitrogens with one attached hydrogen (secondary N) is 2. The average molecular weight is 435 g/mol. The summed E-state index contributed by atoms with van der Waals surface area (Å²) < 4.78 is 14.0. The zero-order chi connectivity index (χ0) is 22.5. The van der Waals surface area contributed by atoms with Crippen molar-refractivity contribution in [2.45, 2.75) is 13.8 Å². The molecule has 0 saturated carbocycles. The van der Waals surface area contributed by atoms with Crippen LogP contribution in [0.2, 0.25) is 0 Å². The summed E-state index contributed by atoms with van der Waals surface area (Å²) in [6.45, 7) is 3.88. The maximum absolute atomic E-state index is 14.0. The lowest BCUT2D eigenvalue weighted by molar-refractivity contribution is 0.627. The molecule has 1 aromatic carbocycles. The van der Waals surface area contributed by atoms with E-state index in [1.165, 1.54) is 12.1 Å². The van der Waals surface area contributed by atoms with E-state index in [0.717, 1.165) is 38.8 Å². The molecule has 8 heteroatoms. The summed E-state index contributed by atoms with van der Waals surface area (Å²) >= 11 is 0. The van der Waals surface area contributed by atoms with Gasteiger partial charge in [0.25, 0.3) is 0 Å². The van der Waals surface area contributed by atoms with E-state index in [9.17, 15) is 4.39 Å². The lowest BCUT2D eigenvalue weighted by Gasteiger charge is -2.04. The molecule has 5 heterocycles. The topological polar surface area (TPSA) is 96.0 Å². The van der Waals surface area contributed by atoms with Crippen molar-refractivity contribution < 1.29 is 4.39 Å². The van der Waals surface area contributed by atoms with E-state index in [4.69, 9.17) is 4.98 Å². The van der Waals surface area contributed by atoms with Crippen LogP contribution in [-0.2, 0) is 0 Å². The minimum atomic E-state index is -0.302. The van der Waals surface area contributed by atoms with Crippen LogP contribution in [0.3, 0.4) is 0 Å². The van der Waals surface area contributed by atoms with Crippen LogP contribution in [0.5, 0.6) is 0 Å². The van der Waals surface area contributed by atoms with Gasteiger partial charge in [-0.1, -0.05) is 0 Å². The number of aryl methyl sites for hydroxylation is 2. The van der Waals surface area contributed by atoms with Gasteiger partial charge in [0.15, 0.2) is 5.82 Å². The molecule has 0 amide bonds. The smallest absolute Gasteiger partial charge is 0.159 e. The summed E-state index contributed by atoms with van der Waals surface area (Å²) in [5, 5.41) is 8.41. The van der Waals surface area contributed by atoms with Crippen LogP contribution in [0.1, 0.15) is 11.1 Å². The lowest BCUT2D eigenvalue weighted by Crippen LogP contribution is -1.89. The van der Waals surface area contributed by atoms with Crippen molar-refractivity contribution in [3.63, 3.8) is 0 Å². The Morgan fingerprint density at radius 1 is 0.879 bits per heavy atom. The van der Waals surface area contributed by atoms with Gasteiger partial charge < -0.3 is 4.98 Å². The van der Waals surface area contributed by atoms with Crippen LogP contribution in [0.15, 0.2) is 61.2 Å². The number of fused-ring (bicyclic) bond motifs is 2. The molecule has 160 valence electrons. The highest BCUT2D eigenvalue weighted by Crippen LogP contribution is 2.32. The van der Waals surface area contributed by atoms with Gasteiger partial charge >= 0.3 is 0 Å². The van der Waals surface area contributed by atoms with Crippen LogP contribution in [0.4, 0.5) is 4.39 Å². The summed E-state index contributed by atoms with van der Waals surface area (Å²) in [4.78, 5) is 21.4. The van der Waals surface area contributed by atoms with Gasteiger partial charge in [-0.05, 0) is 61.4 Å². The average Bonchev–Trinajstić information content (AvgIpc) is 3.42. The van der Waals surface area contributed by atoms with E-state index in [2.05, 4.69) is 30.1 Å². The first kappa shape index (κ1) is 19.2. The Bertz CT molecular complexity index is 1640. The molecule has 6 rings (SSSR count). The van der Waals surface area contributed by atoms with Crippen molar-refractivity contribution in [2.75, 3.05) is 0 Å². The maximum atomic E-state index is 14.0. The number of rotatable bonds is 3. The predicted octanol–water partition coefficient (Wildman–Crippen LogP) is 5.38. The second-order valence-corrected chi connectivity index (χ2v) is 8.04. The molecule has 7 nitrogen and oxygen atoms in total. The van der Waals surface area contributed by atoms with Crippen molar-refractivity contribution in [3.05, 3.63) is 78.1 Å².